The Kier molecular flexibility index (Phi) is 5.16. The Balaban J connectivity index is 1.64. The van der Waals surface area contributed by atoms with Crippen LogP contribution in [0.5, 0.6) is 0 Å². The van der Waals surface area contributed by atoms with Crippen LogP contribution in [0.2, 0.25) is 10.2 Å². The van der Waals surface area contributed by atoms with Gasteiger partial charge >= 0.3 is 0 Å². The summed E-state index contributed by atoms with van der Waals surface area (Å²) in [6.07, 6.45) is 1.42. The lowest BCUT2D eigenvalue weighted by Crippen LogP contribution is -2.42. The number of halogens is 2. The van der Waals surface area contributed by atoms with Crippen molar-refractivity contribution in [3.8, 4) is 0 Å². The molecule has 5 nitrogen and oxygen atoms in total. The Hall–Kier alpha value is -2.63. The molecule has 2 amide bonds. The van der Waals surface area contributed by atoms with E-state index in [2.05, 4.69) is 15.8 Å². The van der Waals surface area contributed by atoms with E-state index in [-0.39, 0.29) is 28.1 Å². The van der Waals surface area contributed by atoms with Crippen LogP contribution in [0.3, 0.4) is 0 Å². The number of aromatic nitrogens is 1. The van der Waals surface area contributed by atoms with Crippen molar-refractivity contribution in [1.82, 2.24) is 15.8 Å². The van der Waals surface area contributed by atoms with E-state index >= 15 is 0 Å². The average Bonchev–Trinajstić information content (AvgIpc) is 2.62. The van der Waals surface area contributed by atoms with Gasteiger partial charge in [0.2, 0.25) is 5.91 Å². The molecule has 0 atom stereocenters. The maximum Gasteiger partial charge on any atom is 0.271 e. The molecule has 7 heteroatoms. The van der Waals surface area contributed by atoms with Crippen LogP contribution in [-0.2, 0) is 11.2 Å². The number of benzene rings is 2. The number of hydrazine groups is 1. The zero-order valence-electron chi connectivity index (χ0n) is 12.9. The minimum atomic E-state index is -0.530. The van der Waals surface area contributed by atoms with E-state index in [1.165, 1.54) is 12.3 Å². The summed E-state index contributed by atoms with van der Waals surface area (Å²) in [7, 11) is 0. The fourth-order valence-corrected chi connectivity index (χ4v) is 2.68. The molecule has 25 heavy (non-hydrogen) atoms. The average molecular weight is 374 g/mol. The number of carbonyl (C=O) groups is 2. The molecule has 1 heterocycles. The van der Waals surface area contributed by atoms with Gasteiger partial charge in [-0.15, -0.1) is 0 Å². The van der Waals surface area contributed by atoms with Crippen molar-refractivity contribution in [3.05, 3.63) is 76.0 Å². The van der Waals surface area contributed by atoms with Crippen LogP contribution >= 0.6 is 23.2 Å². The van der Waals surface area contributed by atoms with Gasteiger partial charge in [-0.25, -0.2) is 4.98 Å². The highest BCUT2D eigenvalue weighted by atomic mass is 35.5. The van der Waals surface area contributed by atoms with Crippen molar-refractivity contribution >= 4 is 45.8 Å². The van der Waals surface area contributed by atoms with E-state index in [4.69, 9.17) is 23.2 Å². The molecule has 2 N–H and O–H groups in total. The fraction of sp³-hybridized carbons (Fsp3) is 0.0556. The van der Waals surface area contributed by atoms with E-state index in [1.807, 2.05) is 42.5 Å². The van der Waals surface area contributed by atoms with Crippen LogP contribution in [0.1, 0.15) is 15.9 Å². The molecule has 0 bridgehead atoms. The van der Waals surface area contributed by atoms with Gasteiger partial charge in [0.1, 0.15) is 5.15 Å². The van der Waals surface area contributed by atoms with Gasteiger partial charge in [-0.1, -0.05) is 65.7 Å². The third-order valence-corrected chi connectivity index (χ3v) is 4.29. The molecule has 0 aliphatic heterocycles. The number of amides is 2. The largest absolute Gasteiger partial charge is 0.273 e. The number of nitrogens with zero attached hydrogens (tertiary/aromatic N) is 1. The van der Waals surface area contributed by atoms with Crippen molar-refractivity contribution < 1.29 is 9.59 Å². The monoisotopic (exact) mass is 373 g/mol. The Morgan fingerprint density at radius 3 is 2.56 bits per heavy atom. The maximum absolute atomic E-state index is 12.1. The molecule has 126 valence electrons. The first-order chi connectivity index (χ1) is 12.0. The first-order valence-electron chi connectivity index (χ1n) is 7.41. The normalized spacial score (nSPS) is 10.5. The highest BCUT2D eigenvalue weighted by Gasteiger charge is 2.11. The molecule has 0 radical (unpaired) electrons. The van der Waals surface area contributed by atoms with Gasteiger partial charge in [0.15, 0.2) is 0 Å². The maximum atomic E-state index is 12.1. The van der Waals surface area contributed by atoms with Crippen LogP contribution in [-0.4, -0.2) is 16.8 Å². The lowest BCUT2D eigenvalue weighted by atomic mass is 10.0. The summed E-state index contributed by atoms with van der Waals surface area (Å²) in [5, 5.41) is 2.33. The summed E-state index contributed by atoms with van der Waals surface area (Å²) >= 11 is 11.5. The van der Waals surface area contributed by atoms with Crippen molar-refractivity contribution in [1.29, 1.82) is 0 Å². The molecule has 0 fully saturated rings. The summed E-state index contributed by atoms with van der Waals surface area (Å²) in [4.78, 5) is 27.9. The minimum absolute atomic E-state index is 0.109. The summed E-state index contributed by atoms with van der Waals surface area (Å²) in [6, 6.07) is 14.9. The Bertz CT molecular complexity index is 955. The highest BCUT2D eigenvalue weighted by molar-refractivity contribution is 6.41. The SMILES string of the molecule is O=C(Cc1cccc2ccccc12)NNC(=O)c1cnc(Cl)c(Cl)c1. The second-order valence-electron chi connectivity index (χ2n) is 5.31. The van der Waals surface area contributed by atoms with Gasteiger partial charge in [0, 0.05) is 6.20 Å². The Morgan fingerprint density at radius 1 is 1.00 bits per heavy atom. The van der Waals surface area contributed by atoms with Gasteiger partial charge in [0.05, 0.1) is 17.0 Å². The molecule has 3 aromatic rings. The molecule has 0 aliphatic carbocycles. The zero-order valence-corrected chi connectivity index (χ0v) is 14.4. The molecule has 2 aromatic carbocycles. The summed E-state index contributed by atoms with van der Waals surface area (Å²) in [5.41, 5.74) is 5.79. The third kappa shape index (κ3) is 4.07. The van der Waals surface area contributed by atoms with Crippen molar-refractivity contribution in [2.45, 2.75) is 6.42 Å². The zero-order chi connectivity index (χ0) is 17.8. The van der Waals surface area contributed by atoms with E-state index in [0.29, 0.717) is 0 Å². The van der Waals surface area contributed by atoms with Gasteiger partial charge < -0.3 is 0 Å². The lowest BCUT2D eigenvalue weighted by Gasteiger charge is -2.09. The van der Waals surface area contributed by atoms with Gasteiger partial charge in [0.25, 0.3) is 5.91 Å². The number of hydrogen-bond donors (Lipinski definition) is 2. The Labute approximate surface area is 153 Å². The standard InChI is InChI=1S/C18H13Cl2N3O2/c19-15-8-13(10-21-17(15)20)18(25)23-22-16(24)9-12-6-3-5-11-4-1-2-7-14(11)12/h1-8,10H,9H2,(H,22,24)(H,23,25). The predicted molar refractivity (Wildman–Crippen MR) is 97.5 cm³/mol. The minimum Gasteiger partial charge on any atom is -0.273 e. The van der Waals surface area contributed by atoms with Crippen molar-refractivity contribution in [3.63, 3.8) is 0 Å². The van der Waals surface area contributed by atoms with Crippen molar-refractivity contribution in [2.75, 3.05) is 0 Å². The Morgan fingerprint density at radius 2 is 1.76 bits per heavy atom. The molecule has 3 rings (SSSR count). The van der Waals surface area contributed by atoms with Crippen LogP contribution in [0.25, 0.3) is 10.8 Å². The smallest absolute Gasteiger partial charge is 0.271 e. The summed E-state index contributed by atoms with van der Waals surface area (Å²) in [5.74, 6) is -0.866. The van der Waals surface area contributed by atoms with Crippen LogP contribution < -0.4 is 10.9 Å². The van der Waals surface area contributed by atoms with E-state index in [0.717, 1.165) is 16.3 Å². The number of pyridine rings is 1. The van der Waals surface area contributed by atoms with Crippen LogP contribution in [0, 0.1) is 0 Å². The van der Waals surface area contributed by atoms with E-state index < -0.39 is 5.91 Å². The number of nitrogens with one attached hydrogen (secondary N) is 2. The molecule has 0 saturated carbocycles. The topological polar surface area (TPSA) is 71.1 Å². The quantitative estimate of drug-likeness (QED) is 0.544. The van der Waals surface area contributed by atoms with Crippen LogP contribution in [0.4, 0.5) is 0 Å². The number of carbonyl (C=O) groups excluding carboxylic acids is 2. The molecule has 0 saturated heterocycles. The molecular weight excluding hydrogens is 361 g/mol. The van der Waals surface area contributed by atoms with Crippen LogP contribution in [0.15, 0.2) is 54.7 Å². The number of rotatable bonds is 3. The molecule has 0 aliphatic rings. The number of fused-ring (bicyclic) bond motifs is 1. The van der Waals surface area contributed by atoms with Crippen molar-refractivity contribution in [2.24, 2.45) is 0 Å². The molecular formula is C18H13Cl2N3O2. The predicted octanol–water partition coefficient (Wildman–Crippen LogP) is 3.55. The number of hydrogen-bond acceptors (Lipinski definition) is 3. The fourth-order valence-electron chi connectivity index (χ4n) is 2.41. The third-order valence-electron chi connectivity index (χ3n) is 3.60. The first kappa shape index (κ1) is 17.2. The highest BCUT2D eigenvalue weighted by Crippen LogP contribution is 2.20. The van der Waals surface area contributed by atoms with E-state index in [1.54, 1.807) is 0 Å². The van der Waals surface area contributed by atoms with Gasteiger partial charge in [-0.05, 0) is 22.4 Å². The summed E-state index contributed by atoms with van der Waals surface area (Å²) < 4.78 is 0. The summed E-state index contributed by atoms with van der Waals surface area (Å²) in [6.45, 7) is 0. The molecule has 1 aromatic heterocycles. The van der Waals surface area contributed by atoms with Gasteiger partial charge in [-0.3, -0.25) is 20.4 Å². The first-order valence-corrected chi connectivity index (χ1v) is 8.17. The molecule has 0 spiro atoms. The van der Waals surface area contributed by atoms with E-state index in [9.17, 15) is 9.59 Å². The second kappa shape index (κ2) is 7.51. The van der Waals surface area contributed by atoms with Gasteiger partial charge in [-0.2, -0.15) is 0 Å². The molecule has 0 unspecified atom stereocenters. The lowest BCUT2D eigenvalue weighted by molar-refractivity contribution is -0.121. The second-order valence-corrected chi connectivity index (χ2v) is 6.08.